The summed E-state index contributed by atoms with van der Waals surface area (Å²) in [5.41, 5.74) is 2.95. The van der Waals surface area contributed by atoms with E-state index in [-0.39, 0.29) is 5.91 Å². The maximum Gasteiger partial charge on any atom is 0.254 e. The van der Waals surface area contributed by atoms with Gasteiger partial charge in [0.05, 0.1) is 20.5 Å². The lowest BCUT2D eigenvalue weighted by atomic mass is 10.1. The third-order valence-corrected chi connectivity index (χ3v) is 5.40. The Hall–Kier alpha value is -3.32. The molecular formula is C23H26N4O3. The number of carbonyl (C=O) groups excluding carboxylic acids is 1. The molecule has 0 aliphatic carbocycles. The molecule has 1 saturated heterocycles. The molecule has 30 heavy (non-hydrogen) atoms. The van der Waals surface area contributed by atoms with Crippen LogP contribution in [-0.4, -0.2) is 65.7 Å². The zero-order valence-corrected chi connectivity index (χ0v) is 17.3. The first kappa shape index (κ1) is 20.0. The zero-order chi connectivity index (χ0) is 20.9. The van der Waals surface area contributed by atoms with Crippen LogP contribution in [0.3, 0.4) is 0 Å². The molecule has 4 rings (SSSR count). The van der Waals surface area contributed by atoms with Gasteiger partial charge < -0.3 is 18.9 Å². The Bertz CT molecular complexity index is 956. The largest absolute Gasteiger partial charge is 0.497 e. The van der Waals surface area contributed by atoms with E-state index in [1.54, 1.807) is 44.9 Å². The monoisotopic (exact) mass is 406 g/mol. The Balaban J connectivity index is 1.34. The van der Waals surface area contributed by atoms with Crippen molar-refractivity contribution in [3.05, 3.63) is 72.3 Å². The minimum absolute atomic E-state index is 0.0107. The van der Waals surface area contributed by atoms with Crippen LogP contribution in [0.25, 0.3) is 5.69 Å². The summed E-state index contributed by atoms with van der Waals surface area (Å²) in [5.74, 6) is 1.25. The average Bonchev–Trinajstić information content (AvgIpc) is 3.34. The predicted molar refractivity (Wildman–Crippen MR) is 114 cm³/mol. The normalized spacial score (nSPS) is 14.5. The third-order valence-electron chi connectivity index (χ3n) is 5.40. The Morgan fingerprint density at radius 2 is 1.63 bits per heavy atom. The van der Waals surface area contributed by atoms with Crippen LogP contribution in [0, 0.1) is 0 Å². The summed E-state index contributed by atoms with van der Waals surface area (Å²) in [6, 6.07) is 13.8. The van der Waals surface area contributed by atoms with Crippen LogP contribution in [0.2, 0.25) is 0 Å². The van der Waals surface area contributed by atoms with Crippen molar-refractivity contribution < 1.29 is 14.3 Å². The number of aromatic nitrogens is 2. The molecule has 0 atom stereocenters. The molecule has 0 bridgehead atoms. The van der Waals surface area contributed by atoms with Gasteiger partial charge in [0.15, 0.2) is 0 Å². The van der Waals surface area contributed by atoms with Crippen molar-refractivity contribution in [3.63, 3.8) is 0 Å². The van der Waals surface area contributed by atoms with E-state index in [0.717, 1.165) is 25.3 Å². The number of ether oxygens (including phenoxy) is 2. The summed E-state index contributed by atoms with van der Waals surface area (Å²) in [4.78, 5) is 21.3. The standard InChI is InChI=1S/C23H26N4O3/c1-29-21-13-19(14-22(15-21)30-2)23(28)26-11-9-25(10-12-26)16-18-3-5-20(6-4-18)27-8-7-24-17-27/h3-8,13-15,17H,9-12,16H2,1-2H3. The zero-order valence-electron chi connectivity index (χ0n) is 17.3. The Morgan fingerprint density at radius 1 is 0.967 bits per heavy atom. The molecule has 0 spiro atoms. The van der Waals surface area contributed by atoms with Gasteiger partial charge in [-0.05, 0) is 29.8 Å². The summed E-state index contributed by atoms with van der Waals surface area (Å²) in [6.45, 7) is 3.96. The number of methoxy groups -OCH3 is 2. The molecule has 1 aromatic heterocycles. The van der Waals surface area contributed by atoms with Gasteiger partial charge in [-0.25, -0.2) is 4.98 Å². The first-order valence-corrected chi connectivity index (χ1v) is 9.98. The van der Waals surface area contributed by atoms with Gasteiger partial charge in [-0.2, -0.15) is 0 Å². The molecule has 1 aliphatic heterocycles. The van der Waals surface area contributed by atoms with E-state index >= 15 is 0 Å². The summed E-state index contributed by atoms with van der Waals surface area (Å²) in [6.07, 6.45) is 5.50. The molecule has 0 N–H and O–H groups in total. The smallest absolute Gasteiger partial charge is 0.254 e. The highest BCUT2D eigenvalue weighted by Crippen LogP contribution is 2.24. The second-order valence-corrected chi connectivity index (χ2v) is 7.31. The molecule has 0 unspecified atom stereocenters. The van der Waals surface area contributed by atoms with Crippen molar-refractivity contribution in [3.8, 4) is 17.2 Å². The molecule has 156 valence electrons. The van der Waals surface area contributed by atoms with Gasteiger partial charge in [-0.15, -0.1) is 0 Å². The van der Waals surface area contributed by atoms with Crippen LogP contribution in [0.1, 0.15) is 15.9 Å². The summed E-state index contributed by atoms with van der Waals surface area (Å²) < 4.78 is 12.6. The number of benzene rings is 2. The predicted octanol–water partition coefficient (Wildman–Crippen LogP) is 2.85. The van der Waals surface area contributed by atoms with Crippen LogP contribution >= 0.6 is 0 Å². The second-order valence-electron chi connectivity index (χ2n) is 7.31. The fourth-order valence-electron chi connectivity index (χ4n) is 3.67. The van der Waals surface area contributed by atoms with Crippen molar-refractivity contribution in [1.82, 2.24) is 19.4 Å². The second kappa shape index (κ2) is 9.00. The van der Waals surface area contributed by atoms with E-state index in [2.05, 4.69) is 34.1 Å². The number of piperazine rings is 1. The van der Waals surface area contributed by atoms with Crippen molar-refractivity contribution in [1.29, 1.82) is 0 Å². The van der Waals surface area contributed by atoms with E-state index in [0.29, 0.717) is 30.2 Å². The van der Waals surface area contributed by atoms with Crippen LogP contribution in [0.15, 0.2) is 61.2 Å². The lowest BCUT2D eigenvalue weighted by molar-refractivity contribution is 0.0627. The summed E-state index contributed by atoms with van der Waals surface area (Å²) in [7, 11) is 3.17. The van der Waals surface area contributed by atoms with E-state index < -0.39 is 0 Å². The van der Waals surface area contributed by atoms with Gasteiger partial charge in [0.1, 0.15) is 11.5 Å². The fraction of sp³-hybridized carbons (Fsp3) is 0.304. The summed E-state index contributed by atoms with van der Waals surface area (Å²) >= 11 is 0. The Morgan fingerprint density at radius 3 is 2.20 bits per heavy atom. The number of rotatable bonds is 6. The molecule has 1 amide bonds. The van der Waals surface area contributed by atoms with Crippen molar-refractivity contribution >= 4 is 5.91 Å². The number of imidazole rings is 1. The van der Waals surface area contributed by atoms with Crippen molar-refractivity contribution in [2.75, 3.05) is 40.4 Å². The first-order chi connectivity index (χ1) is 14.7. The maximum atomic E-state index is 12.9. The number of hydrogen-bond acceptors (Lipinski definition) is 5. The lowest BCUT2D eigenvalue weighted by Crippen LogP contribution is -2.48. The molecular weight excluding hydrogens is 380 g/mol. The van der Waals surface area contributed by atoms with Crippen LogP contribution < -0.4 is 9.47 Å². The molecule has 1 fully saturated rings. The molecule has 7 nitrogen and oxygen atoms in total. The highest BCUT2D eigenvalue weighted by Gasteiger charge is 2.23. The molecule has 2 aromatic carbocycles. The topological polar surface area (TPSA) is 59.8 Å². The van der Waals surface area contributed by atoms with Gasteiger partial charge in [0, 0.05) is 62.4 Å². The quantitative estimate of drug-likeness (QED) is 0.630. The lowest BCUT2D eigenvalue weighted by Gasteiger charge is -2.35. The highest BCUT2D eigenvalue weighted by molar-refractivity contribution is 5.95. The van der Waals surface area contributed by atoms with Gasteiger partial charge in [-0.1, -0.05) is 12.1 Å². The average molecular weight is 406 g/mol. The maximum absolute atomic E-state index is 12.9. The SMILES string of the molecule is COc1cc(OC)cc(C(=O)N2CCN(Cc3ccc(-n4ccnc4)cc3)CC2)c1. The minimum Gasteiger partial charge on any atom is -0.497 e. The van der Waals surface area contributed by atoms with Crippen LogP contribution in [0.4, 0.5) is 0 Å². The molecule has 2 heterocycles. The fourth-order valence-corrected chi connectivity index (χ4v) is 3.67. The van der Waals surface area contributed by atoms with Crippen molar-refractivity contribution in [2.24, 2.45) is 0 Å². The van der Waals surface area contributed by atoms with Gasteiger partial charge in [-0.3, -0.25) is 9.69 Å². The number of carbonyl (C=O) groups is 1. The van der Waals surface area contributed by atoms with E-state index in [4.69, 9.17) is 9.47 Å². The van der Waals surface area contributed by atoms with Gasteiger partial charge >= 0.3 is 0 Å². The molecule has 7 heteroatoms. The van der Waals surface area contributed by atoms with Crippen molar-refractivity contribution in [2.45, 2.75) is 6.54 Å². The minimum atomic E-state index is 0.0107. The highest BCUT2D eigenvalue weighted by atomic mass is 16.5. The molecule has 3 aromatic rings. The van der Waals surface area contributed by atoms with Crippen LogP contribution in [-0.2, 0) is 6.54 Å². The van der Waals surface area contributed by atoms with Crippen LogP contribution in [0.5, 0.6) is 11.5 Å². The number of nitrogens with zero attached hydrogens (tertiary/aromatic N) is 4. The van der Waals surface area contributed by atoms with E-state index in [9.17, 15) is 4.79 Å². The number of amides is 1. The van der Waals surface area contributed by atoms with E-state index in [1.165, 1.54) is 5.56 Å². The summed E-state index contributed by atoms with van der Waals surface area (Å²) in [5, 5.41) is 0. The first-order valence-electron chi connectivity index (χ1n) is 9.98. The third kappa shape index (κ3) is 4.46. The van der Waals surface area contributed by atoms with E-state index in [1.807, 2.05) is 15.7 Å². The number of hydrogen-bond donors (Lipinski definition) is 0. The molecule has 0 saturated carbocycles. The Kier molecular flexibility index (Phi) is 5.99. The molecule has 0 radical (unpaired) electrons. The Labute approximate surface area is 176 Å². The van der Waals surface area contributed by atoms with Gasteiger partial charge in [0.25, 0.3) is 5.91 Å². The van der Waals surface area contributed by atoms with Gasteiger partial charge in [0.2, 0.25) is 0 Å². The molecule has 1 aliphatic rings.